The van der Waals surface area contributed by atoms with Gasteiger partial charge in [0.15, 0.2) is 4.77 Å². The highest BCUT2D eigenvalue weighted by molar-refractivity contribution is 7.71. The summed E-state index contributed by atoms with van der Waals surface area (Å²) in [6, 6.07) is 10.2. The molecule has 2 aromatic rings. The largest absolute Gasteiger partial charge is 0.296 e. The lowest BCUT2D eigenvalue weighted by Crippen LogP contribution is -2.25. The summed E-state index contributed by atoms with van der Waals surface area (Å²) in [4.78, 5) is 2.48. The second-order valence-electron chi connectivity index (χ2n) is 5.31. The van der Waals surface area contributed by atoms with Gasteiger partial charge in [-0.25, -0.2) is 0 Å². The van der Waals surface area contributed by atoms with Crippen LogP contribution >= 0.6 is 12.2 Å². The Morgan fingerprint density at radius 1 is 1.05 bits per heavy atom. The summed E-state index contributed by atoms with van der Waals surface area (Å²) in [5, 5.41) is 7.35. The fourth-order valence-electron chi connectivity index (χ4n) is 2.77. The molecule has 3 rings (SSSR count). The first-order valence-corrected chi connectivity index (χ1v) is 7.69. The Kier molecular flexibility index (Phi) is 4.28. The van der Waals surface area contributed by atoms with Gasteiger partial charge in [0, 0.05) is 5.69 Å². The van der Waals surface area contributed by atoms with Crippen LogP contribution in [0.2, 0.25) is 0 Å². The summed E-state index contributed by atoms with van der Waals surface area (Å²) in [6.45, 7) is 3.19. The van der Waals surface area contributed by atoms with E-state index >= 15 is 0 Å². The van der Waals surface area contributed by atoms with Crippen molar-refractivity contribution in [1.82, 2.24) is 19.7 Å². The minimum atomic E-state index is 0.668. The van der Waals surface area contributed by atoms with E-state index in [1.54, 1.807) is 0 Å². The van der Waals surface area contributed by atoms with Crippen LogP contribution in [-0.4, -0.2) is 32.8 Å². The summed E-state index contributed by atoms with van der Waals surface area (Å²) in [5.74, 6) is 1.00. The number of rotatable bonds is 3. The number of nitrogens with one attached hydrogen (secondary N) is 1. The van der Waals surface area contributed by atoms with Crippen molar-refractivity contribution in [2.24, 2.45) is 0 Å². The van der Waals surface area contributed by atoms with Gasteiger partial charge in [0.2, 0.25) is 0 Å². The number of likely N-dealkylation sites (tertiary alicyclic amines) is 1. The van der Waals surface area contributed by atoms with Gasteiger partial charge in [-0.2, -0.15) is 5.10 Å². The fourth-order valence-corrected chi connectivity index (χ4v) is 3.03. The lowest BCUT2D eigenvalue weighted by Gasteiger charge is -2.19. The SMILES string of the molecule is S=c1[nH]nc(CN2CCCCCC2)n1-c1ccccc1. The Balaban J connectivity index is 1.85. The topological polar surface area (TPSA) is 36.9 Å². The third-order valence-electron chi connectivity index (χ3n) is 3.82. The normalized spacial score (nSPS) is 17.0. The standard InChI is InChI=1S/C15H20N4S/c20-15-17-16-14(12-18-10-6-1-2-7-11-18)19(15)13-8-4-3-5-9-13/h3-5,8-9H,1-2,6-7,10-12H2,(H,17,20). The molecule has 1 aliphatic heterocycles. The van der Waals surface area contributed by atoms with Crippen molar-refractivity contribution in [3.8, 4) is 5.69 Å². The zero-order valence-corrected chi connectivity index (χ0v) is 12.4. The molecule has 0 saturated carbocycles. The molecule has 4 nitrogen and oxygen atoms in total. The second-order valence-corrected chi connectivity index (χ2v) is 5.69. The van der Waals surface area contributed by atoms with Gasteiger partial charge in [-0.3, -0.25) is 14.6 Å². The van der Waals surface area contributed by atoms with Crippen LogP contribution in [0.1, 0.15) is 31.5 Å². The molecule has 1 aliphatic rings. The van der Waals surface area contributed by atoms with E-state index in [-0.39, 0.29) is 0 Å². The van der Waals surface area contributed by atoms with Crippen molar-refractivity contribution in [2.45, 2.75) is 32.2 Å². The van der Waals surface area contributed by atoms with Crippen LogP contribution in [0.5, 0.6) is 0 Å². The molecular formula is C15H20N4S. The zero-order valence-electron chi connectivity index (χ0n) is 11.6. The number of benzene rings is 1. The van der Waals surface area contributed by atoms with E-state index in [9.17, 15) is 0 Å². The smallest absolute Gasteiger partial charge is 0.199 e. The van der Waals surface area contributed by atoms with Crippen LogP contribution in [-0.2, 0) is 6.54 Å². The van der Waals surface area contributed by atoms with E-state index < -0.39 is 0 Å². The molecule has 1 saturated heterocycles. The molecule has 0 unspecified atom stereocenters. The molecular weight excluding hydrogens is 268 g/mol. The molecule has 0 amide bonds. The molecule has 0 aliphatic carbocycles. The van der Waals surface area contributed by atoms with Crippen LogP contribution in [0.4, 0.5) is 0 Å². The molecule has 1 N–H and O–H groups in total. The highest BCUT2D eigenvalue weighted by atomic mass is 32.1. The molecule has 0 atom stereocenters. The van der Waals surface area contributed by atoms with Gasteiger partial charge in [-0.05, 0) is 50.3 Å². The first-order chi connectivity index (χ1) is 9.84. The van der Waals surface area contributed by atoms with Gasteiger partial charge >= 0.3 is 0 Å². The molecule has 0 spiro atoms. The van der Waals surface area contributed by atoms with Crippen molar-refractivity contribution in [2.75, 3.05) is 13.1 Å². The maximum Gasteiger partial charge on any atom is 0.199 e. The Morgan fingerprint density at radius 3 is 2.45 bits per heavy atom. The lowest BCUT2D eigenvalue weighted by atomic mass is 10.2. The molecule has 1 aromatic heterocycles. The highest BCUT2D eigenvalue weighted by Crippen LogP contribution is 2.15. The van der Waals surface area contributed by atoms with Crippen LogP contribution in [0.15, 0.2) is 30.3 Å². The average molecular weight is 288 g/mol. The molecule has 2 heterocycles. The van der Waals surface area contributed by atoms with E-state index in [1.807, 2.05) is 22.8 Å². The third kappa shape index (κ3) is 2.99. The summed E-state index contributed by atoms with van der Waals surface area (Å²) in [6.07, 6.45) is 5.27. The Labute approximate surface area is 124 Å². The number of para-hydroxylation sites is 1. The fraction of sp³-hybridized carbons (Fsp3) is 0.467. The van der Waals surface area contributed by atoms with E-state index in [0.29, 0.717) is 4.77 Å². The van der Waals surface area contributed by atoms with E-state index in [2.05, 4.69) is 27.2 Å². The van der Waals surface area contributed by atoms with Gasteiger partial charge in [-0.15, -0.1) is 0 Å². The van der Waals surface area contributed by atoms with Gasteiger partial charge in [-0.1, -0.05) is 31.0 Å². The van der Waals surface area contributed by atoms with E-state index in [0.717, 1.165) is 31.1 Å². The summed E-state index contributed by atoms with van der Waals surface area (Å²) < 4.78 is 2.71. The number of aromatic amines is 1. The Hall–Kier alpha value is -1.46. The molecule has 0 radical (unpaired) electrons. The monoisotopic (exact) mass is 288 g/mol. The second kappa shape index (κ2) is 6.33. The van der Waals surface area contributed by atoms with Gasteiger partial charge in [0.05, 0.1) is 6.54 Å². The first kappa shape index (κ1) is 13.5. The lowest BCUT2D eigenvalue weighted by molar-refractivity contribution is 0.268. The number of hydrogen-bond acceptors (Lipinski definition) is 3. The van der Waals surface area contributed by atoms with Crippen molar-refractivity contribution in [1.29, 1.82) is 0 Å². The maximum atomic E-state index is 5.38. The van der Waals surface area contributed by atoms with Crippen molar-refractivity contribution in [3.63, 3.8) is 0 Å². The van der Waals surface area contributed by atoms with Gasteiger partial charge in [0.25, 0.3) is 0 Å². The molecule has 0 bridgehead atoms. The van der Waals surface area contributed by atoms with Crippen molar-refractivity contribution in [3.05, 3.63) is 40.9 Å². The summed E-state index contributed by atoms with van der Waals surface area (Å²) in [5.41, 5.74) is 1.08. The number of aromatic nitrogens is 3. The molecule has 106 valence electrons. The number of H-pyrrole nitrogens is 1. The van der Waals surface area contributed by atoms with Crippen LogP contribution < -0.4 is 0 Å². The summed E-state index contributed by atoms with van der Waals surface area (Å²) >= 11 is 5.38. The van der Waals surface area contributed by atoms with Crippen LogP contribution in [0, 0.1) is 4.77 Å². The van der Waals surface area contributed by atoms with Crippen LogP contribution in [0.25, 0.3) is 5.69 Å². The molecule has 1 aromatic carbocycles. The molecule has 1 fully saturated rings. The molecule has 5 heteroatoms. The Bertz CT molecular complexity index is 594. The van der Waals surface area contributed by atoms with E-state index in [4.69, 9.17) is 12.2 Å². The summed E-state index contributed by atoms with van der Waals surface area (Å²) in [7, 11) is 0. The van der Waals surface area contributed by atoms with E-state index in [1.165, 1.54) is 25.7 Å². The minimum absolute atomic E-state index is 0.668. The van der Waals surface area contributed by atoms with Crippen molar-refractivity contribution < 1.29 is 0 Å². The number of hydrogen-bond donors (Lipinski definition) is 1. The number of nitrogens with zero attached hydrogens (tertiary/aromatic N) is 3. The first-order valence-electron chi connectivity index (χ1n) is 7.29. The third-order valence-corrected chi connectivity index (χ3v) is 4.09. The van der Waals surface area contributed by atoms with Gasteiger partial charge < -0.3 is 0 Å². The highest BCUT2D eigenvalue weighted by Gasteiger charge is 2.14. The van der Waals surface area contributed by atoms with Gasteiger partial charge in [0.1, 0.15) is 5.82 Å². The predicted octanol–water partition coefficient (Wildman–Crippen LogP) is 3.31. The van der Waals surface area contributed by atoms with Crippen molar-refractivity contribution >= 4 is 12.2 Å². The predicted molar refractivity (Wildman–Crippen MR) is 82.5 cm³/mol. The maximum absolute atomic E-state index is 5.38. The van der Waals surface area contributed by atoms with Crippen LogP contribution in [0.3, 0.4) is 0 Å². The quantitative estimate of drug-likeness (QED) is 0.880. The zero-order chi connectivity index (χ0) is 13.8. The molecule has 20 heavy (non-hydrogen) atoms. The minimum Gasteiger partial charge on any atom is -0.296 e. The Morgan fingerprint density at radius 2 is 1.75 bits per heavy atom. The average Bonchev–Trinajstić information content (AvgIpc) is 2.67.